The first-order valence-corrected chi connectivity index (χ1v) is 6.98. The van der Waals surface area contributed by atoms with Crippen LogP contribution in [0.2, 0.25) is 0 Å². The number of nitro groups is 1. The maximum absolute atomic E-state index is 11.3. The Morgan fingerprint density at radius 1 is 1.25 bits per heavy atom. The number of anilines is 2. The molecule has 0 atom stereocenters. The Balaban J connectivity index is 2.24. The minimum atomic E-state index is -0.296. The van der Waals surface area contributed by atoms with Crippen molar-refractivity contribution in [1.82, 2.24) is 4.90 Å². The van der Waals surface area contributed by atoms with E-state index in [2.05, 4.69) is 29.0 Å². The van der Waals surface area contributed by atoms with E-state index in [1.165, 1.54) is 0 Å². The molecule has 1 aliphatic rings. The molecule has 6 heteroatoms. The number of hydrogen-bond donors (Lipinski definition) is 1. The van der Waals surface area contributed by atoms with Gasteiger partial charge in [0.05, 0.1) is 4.92 Å². The van der Waals surface area contributed by atoms with E-state index in [1.807, 2.05) is 12.1 Å². The standard InChI is InChI=1S/C14H22N4O2/c1-11(2)16-7-9-17(10-8-16)13-6-4-5-12(15-3)14(13)18(19)20/h4-6,11,15H,7-10H2,1-3H3. The number of hydrogen-bond acceptors (Lipinski definition) is 5. The maximum Gasteiger partial charge on any atom is 0.315 e. The van der Waals surface area contributed by atoms with Crippen LogP contribution in [0.3, 0.4) is 0 Å². The number of nitro benzene ring substituents is 1. The van der Waals surface area contributed by atoms with Crippen molar-refractivity contribution >= 4 is 17.1 Å². The van der Waals surface area contributed by atoms with Gasteiger partial charge in [-0.15, -0.1) is 0 Å². The minimum absolute atomic E-state index is 0.174. The summed E-state index contributed by atoms with van der Waals surface area (Å²) in [7, 11) is 1.71. The van der Waals surface area contributed by atoms with E-state index in [0.29, 0.717) is 17.4 Å². The molecule has 2 rings (SSSR count). The molecule has 0 aromatic heterocycles. The van der Waals surface area contributed by atoms with Gasteiger partial charge in [-0.25, -0.2) is 0 Å². The second kappa shape index (κ2) is 6.09. The number of rotatable bonds is 4. The molecule has 0 radical (unpaired) electrons. The second-order valence-corrected chi connectivity index (χ2v) is 5.30. The molecular formula is C14H22N4O2. The summed E-state index contributed by atoms with van der Waals surface area (Å²) in [5.41, 5.74) is 1.46. The summed E-state index contributed by atoms with van der Waals surface area (Å²) >= 11 is 0. The van der Waals surface area contributed by atoms with Crippen LogP contribution in [-0.2, 0) is 0 Å². The molecule has 1 fully saturated rings. The highest BCUT2D eigenvalue weighted by molar-refractivity contribution is 5.77. The van der Waals surface area contributed by atoms with Gasteiger partial charge in [-0.05, 0) is 26.0 Å². The van der Waals surface area contributed by atoms with Crippen molar-refractivity contribution in [1.29, 1.82) is 0 Å². The van der Waals surface area contributed by atoms with E-state index in [1.54, 1.807) is 13.1 Å². The van der Waals surface area contributed by atoms with Gasteiger partial charge in [0.15, 0.2) is 0 Å². The van der Waals surface area contributed by atoms with Crippen LogP contribution in [0.15, 0.2) is 18.2 Å². The summed E-state index contributed by atoms with van der Waals surface area (Å²) in [6.07, 6.45) is 0. The molecule has 0 unspecified atom stereocenters. The third-order valence-corrected chi connectivity index (χ3v) is 3.85. The normalized spacial score (nSPS) is 16.5. The van der Waals surface area contributed by atoms with E-state index in [4.69, 9.17) is 0 Å². The van der Waals surface area contributed by atoms with Gasteiger partial charge in [0.2, 0.25) is 0 Å². The first-order chi connectivity index (χ1) is 9.54. The Labute approximate surface area is 119 Å². The summed E-state index contributed by atoms with van der Waals surface area (Å²) < 4.78 is 0. The van der Waals surface area contributed by atoms with Crippen LogP contribution in [0.25, 0.3) is 0 Å². The number of benzene rings is 1. The summed E-state index contributed by atoms with van der Waals surface area (Å²) in [6.45, 7) is 7.90. The maximum atomic E-state index is 11.3. The van der Waals surface area contributed by atoms with Crippen LogP contribution in [0, 0.1) is 10.1 Å². The molecule has 1 saturated heterocycles. The van der Waals surface area contributed by atoms with Gasteiger partial charge < -0.3 is 10.2 Å². The van der Waals surface area contributed by atoms with Crippen molar-refractivity contribution in [3.05, 3.63) is 28.3 Å². The molecule has 20 heavy (non-hydrogen) atoms. The zero-order valence-electron chi connectivity index (χ0n) is 12.3. The molecule has 1 aliphatic heterocycles. The van der Waals surface area contributed by atoms with Crippen molar-refractivity contribution in [2.75, 3.05) is 43.4 Å². The Morgan fingerprint density at radius 3 is 2.40 bits per heavy atom. The van der Waals surface area contributed by atoms with Crippen LogP contribution >= 0.6 is 0 Å². The van der Waals surface area contributed by atoms with Crippen molar-refractivity contribution in [3.63, 3.8) is 0 Å². The first kappa shape index (κ1) is 14.6. The monoisotopic (exact) mass is 278 g/mol. The Kier molecular flexibility index (Phi) is 4.44. The fourth-order valence-electron chi connectivity index (χ4n) is 2.66. The van der Waals surface area contributed by atoms with Crippen molar-refractivity contribution in [2.24, 2.45) is 0 Å². The molecule has 1 N–H and O–H groups in total. The molecule has 0 amide bonds. The lowest BCUT2D eigenvalue weighted by atomic mass is 10.1. The smallest absolute Gasteiger partial charge is 0.315 e. The number of piperazine rings is 1. The van der Waals surface area contributed by atoms with Crippen LogP contribution in [0.1, 0.15) is 13.8 Å². The fraction of sp³-hybridized carbons (Fsp3) is 0.571. The predicted molar refractivity (Wildman–Crippen MR) is 81.6 cm³/mol. The van der Waals surface area contributed by atoms with Crippen LogP contribution in [0.4, 0.5) is 17.1 Å². The van der Waals surface area contributed by atoms with E-state index >= 15 is 0 Å². The van der Waals surface area contributed by atoms with Crippen molar-refractivity contribution in [2.45, 2.75) is 19.9 Å². The second-order valence-electron chi connectivity index (χ2n) is 5.30. The summed E-state index contributed by atoms with van der Waals surface area (Å²) in [4.78, 5) is 15.6. The Morgan fingerprint density at radius 2 is 1.90 bits per heavy atom. The molecule has 0 aliphatic carbocycles. The van der Waals surface area contributed by atoms with Gasteiger partial charge >= 0.3 is 5.69 Å². The summed E-state index contributed by atoms with van der Waals surface area (Å²) in [6, 6.07) is 5.97. The molecule has 1 aromatic carbocycles. The van der Waals surface area contributed by atoms with Gasteiger partial charge in [-0.3, -0.25) is 15.0 Å². The van der Waals surface area contributed by atoms with E-state index in [-0.39, 0.29) is 10.6 Å². The molecule has 0 saturated carbocycles. The zero-order chi connectivity index (χ0) is 14.7. The molecule has 6 nitrogen and oxygen atoms in total. The zero-order valence-corrected chi connectivity index (χ0v) is 12.3. The highest BCUT2D eigenvalue weighted by Gasteiger charge is 2.26. The van der Waals surface area contributed by atoms with Crippen molar-refractivity contribution < 1.29 is 4.92 Å². The van der Waals surface area contributed by atoms with E-state index < -0.39 is 0 Å². The summed E-state index contributed by atoms with van der Waals surface area (Å²) in [5, 5.41) is 14.2. The highest BCUT2D eigenvalue weighted by Crippen LogP contribution is 2.35. The van der Waals surface area contributed by atoms with Gasteiger partial charge in [-0.1, -0.05) is 6.07 Å². The van der Waals surface area contributed by atoms with Gasteiger partial charge in [0, 0.05) is 39.3 Å². The van der Waals surface area contributed by atoms with Gasteiger partial charge in [-0.2, -0.15) is 0 Å². The Hall–Kier alpha value is -1.82. The van der Waals surface area contributed by atoms with E-state index in [0.717, 1.165) is 26.2 Å². The predicted octanol–water partition coefficient (Wildman–Crippen LogP) is 2.17. The lowest BCUT2D eigenvalue weighted by molar-refractivity contribution is -0.383. The molecular weight excluding hydrogens is 256 g/mol. The largest absolute Gasteiger partial charge is 0.382 e. The molecule has 0 bridgehead atoms. The van der Waals surface area contributed by atoms with Crippen molar-refractivity contribution in [3.8, 4) is 0 Å². The topological polar surface area (TPSA) is 61.6 Å². The van der Waals surface area contributed by atoms with Crippen LogP contribution in [0.5, 0.6) is 0 Å². The first-order valence-electron chi connectivity index (χ1n) is 6.98. The average molecular weight is 278 g/mol. The lowest BCUT2D eigenvalue weighted by Crippen LogP contribution is -2.49. The number of nitrogens with zero attached hydrogens (tertiary/aromatic N) is 3. The molecule has 1 aromatic rings. The highest BCUT2D eigenvalue weighted by atomic mass is 16.6. The Bertz CT molecular complexity index is 482. The third-order valence-electron chi connectivity index (χ3n) is 3.85. The van der Waals surface area contributed by atoms with E-state index in [9.17, 15) is 10.1 Å². The third kappa shape index (κ3) is 2.85. The minimum Gasteiger partial charge on any atom is -0.382 e. The van der Waals surface area contributed by atoms with Gasteiger partial charge in [0.1, 0.15) is 11.4 Å². The molecule has 0 spiro atoms. The quantitative estimate of drug-likeness (QED) is 0.675. The van der Waals surface area contributed by atoms with Crippen LogP contribution < -0.4 is 10.2 Å². The SMILES string of the molecule is CNc1cccc(N2CCN(C(C)C)CC2)c1[N+](=O)[O-]. The fourth-order valence-corrected chi connectivity index (χ4v) is 2.66. The molecule has 110 valence electrons. The molecule has 1 heterocycles. The number of nitrogens with one attached hydrogen (secondary N) is 1. The summed E-state index contributed by atoms with van der Waals surface area (Å²) in [5.74, 6) is 0. The van der Waals surface area contributed by atoms with Crippen LogP contribution in [-0.4, -0.2) is 49.1 Å². The average Bonchev–Trinajstić information content (AvgIpc) is 2.46. The van der Waals surface area contributed by atoms with Gasteiger partial charge in [0.25, 0.3) is 0 Å². The lowest BCUT2D eigenvalue weighted by Gasteiger charge is -2.37. The number of para-hydroxylation sites is 1.